The lowest BCUT2D eigenvalue weighted by Gasteiger charge is -2.24. The maximum absolute atomic E-state index is 5.39. The molecule has 2 nitrogen and oxygen atoms in total. The van der Waals surface area contributed by atoms with Gasteiger partial charge in [-0.3, -0.25) is 0 Å². The van der Waals surface area contributed by atoms with Crippen molar-refractivity contribution >= 4 is 0 Å². The van der Waals surface area contributed by atoms with Crippen LogP contribution in [-0.4, -0.2) is 25.8 Å². The quantitative estimate of drug-likeness (QED) is 0.686. The van der Waals surface area contributed by atoms with E-state index in [-0.39, 0.29) is 0 Å². The van der Waals surface area contributed by atoms with Gasteiger partial charge in [0.25, 0.3) is 0 Å². The van der Waals surface area contributed by atoms with Gasteiger partial charge in [-0.05, 0) is 38.6 Å². The Kier molecular flexibility index (Phi) is 7.06. The molecule has 1 fully saturated rings. The maximum atomic E-state index is 5.39. The Hall–Kier alpha value is -0.0800. The molecular weight excluding hydrogens is 198 g/mol. The van der Waals surface area contributed by atoms with Crippen molar-refractivity contribution in [3.8, 4) is 0 Å². The number of rotatable bonds is 8. The number of hydrogen-bond acceptors (Lipinski definition) is 2. The predicted octanol–water partition coefficient (Wildman–Crippen LogP) is 3.36. The Morgan fingerprint density at radius 2 is 2.00 bits per heavy atom. The molecule has 2 heteroatoms. The zero-order valence-electron chi connectivity index (χ0n) is 11.3. The zero-order chi connectivity index (χ0) is 11.8. The smallest absolute Gasteiger partial charge is 0.0558 e. The van der Waals surface area contributed by atoms with Gasteiger partial charge in [-0.15, -0.1) is 0 Å². The second kappa shape index (κ2) is 8.08. The zero-order valence-corrected chi connectivity index (χ0v) is 11.3. The molecule has 2 atom stereocenters. The lowest BCUT2D eigenvalue weighted by atomic mass is 9.95. The van der Waals surface area contributed by atoms with E-state index in [2.05, 4.69) is 19.2 Å². The molecule has 0 aromatic heterocycles. The number of nitrogens with one attached hydrogen (secondary N) is 1. The molecule has 1 aliphatic rings. The summed E-state index contributed by atoms with van der Waals surface area (Å²) in [5.74, 6) is 0.971. The molecule has 0 aromatic carbocycles. The maximum Gasteiger partial charge on any atom is 0.0558 e. The van der Waals surface area contributed by atoms with Crippen LogP contribution in [-0.2, 0) is 4.74 Å². The van der Waals surface area contributed by atoms with Gasteiger partial charge >= 0.3 is 0 Å². The Labute approximate surface area is 101 Å². The molecule has 0 saturated heterocycles. The molecule has 0 radical (unpaired) electrons. The first-order valence-corrected chi connectivity index (χ1v) is 7.02. The number of ether oxygens (including phenoxy) is 1. The molecule has 0 aromatic rings. The van der Waals surface area contributed by atoms with E-state index in [9.17, 15) is 0 Å². The van der Waals surface area contributed by atoms with Gasteiger partial charge in [-0.2, -0.15) is 0 Å². The largest absolute Gasteiger partial charge is 0.382 e. The van der Waals surface area contributed by atoms with Gasteiger partial charge in [0.05, 0.1) is 6.10 Å². The minimum Gasteiger partial charge on any atom is -0.382 e. The molecule has 0 spiro atoms. The van der Waals surface area contributed by atoms with E-state index in [4.69, 9.17) is 4.74 Å². The lowest BCUT2D eigenvalue weighted by Crippen LogP contribution is -2.34. The van der Waals surface area contributed by atoms with Crippen LogP contribution < -0.4 is 5.32 Å². The number of methoxy groups -OCH3 is 1. The lowest BCUT2D eigenvalue weighted by molar-refractivity contribution is 0.0970. The van der Waals surface area contributed by atoms with Crippen LogP contribution in [0.4, 0.5) is 0 Å². The van der Waals surface area contributed by atoms with Gasteiger partial charge in [0.1, 0.15) is 0 Å². The van der Waals surface area contributed by atoms with E-state index in [0.717, 1.165) is 18.9 Å². The monoisotopic (exact) mass is 227 g/mol. The molecule has 1 aliphatic carbocycles. The molecule has 16 heavy (non-hydrogen) atoms. The van der Waals surface area contributed by atoms with E-state index >= 15 is 0 Å². The van der Waals surface area contributed by atoms with Crippen LogP contribution in [0.15, 0.2) is 0 Å². The summed E-state index contributed by atoms with van der Waals surface area (Å²) in [6.07, 6.45) is 9.92. The topological polar surface area (TPSA) is 21.3 Å². The minimum absolute atomic E-state index is 0.385. The average molecular weight is 227 g/mol. The summed E-state index contributed by atoms with van der Waals surface area (Å²) in [5, 5.41) is 3.68. The molecule has 2 unspecified atom stereocenters. The van der Waals surface area contributed by atoms with Gasteiger partial charge in [-0.1, -0.05) is 32.6 Å². The first kappa shape index (κ1) is 14.0. The Balaban J connectivity index is 2.29. The highest BCUT2D eigenvalue weighted by molar-refractivity contribution is 4.77. The van der Waals surface area contributed by atoms with E-state index in [1.165, 1.54) is 38.5 Å². The first-order valence-electron chi connectivity index (χ1n) is 7.02. The third kappa shape index (κ3) is 5.31. The fourth-order valence-corrected chi connectivity index (χ4v) is 2.76. The van der Waals surface area contributed by atoms with Crippen molar-refractivity contribution in [1.29, 1.82) is 0 Å². The average Bonchev–Trinajstić information content (AvgIpc) is 2.78. The molecule has 1 saturated carbocycles. The van der Waals surface area contributed by atoms with Crippen molar-refractivity contribution in [2.24, 2.45) is 5.92 Å². The molecule has 0 aliphatic heterocycles. The van der Waals surface area contributed by atoms with Crippen LogP contribution in [0.3, 0.4) is 0 Å². The molecular formula is C14H29NO. The highest BCUT2D eigenvalue weighted by Crippen LogP contribution is 2.29. The molecule has 0 heterocycles. The van der Waals surface area contributed by atoms with Crippen molar-refractivity contribution in [2.45, 2.75) is 70.9 Å². The third-order valence-electron chi connectivity index (χ3n) is 3.79. The van der Waals surface area contributed by atoms with Gasteiger partial charge in [-0.25, -0.2) is 0 Å². The fraction of sp³-hybridized carbons (Fsp3) is 1.00. The van der Waals surface area contributed by atoms with Gasteiger partial charge in [0.2, 0.25) is 0 Å². The van der Waals surface area contributed by atoms with Crippen molar-refractivity contribution < 1.29 is 4.74 Å². The molecule has 0 bridgehead atoms. The van der Waals surface area contributed by atoms with Crippen LogP contribution in [0, 0.1) is 5.92 Å². The Morgan fingerprint density at radius 3 is 2.56 bits per heavy atom. The Bertz CT molecular complexity index is 166. The van der Waals surface area contributed by atoms with E-state index in [1.54, 1.807) is 0 Å². The van der Waals surface area contributed by atoms with Crippen LogP contribution >= 0.6 is 0 Å². The summed E-state index contributed by atoms with van der Waals surface area (Å²) in [5.41, 5.74) is 0. The SMILES string of the molecule is CCCNC(CC1CCCC1)CC(C)OC. The molecule has 1 rings (SSSR count). The summed E-state index contributed by atoms with van der Waals surface area (Å²) in [4.78, 5) is 0. The summed E-state index contributed by atoms with van der Waals surface area (Å²) in [7, 11) is 1.82. The van der Waals surface area contributed by atoms with Crippen LogP contribution in [0.2, 0.25) is 0 Å². The van der Waals surface area contributed by atoms with Crippen molar-refractivity contribution in [2.75, 3.05) is 13.7 Å². The van der Waals surface area contributed by atoms with E-state index < -0.39 is 0 Å². The van der Waals surface area contributed by atoms with Crippen LogP contribution in [0.1, 0.15) is 58.8 Å². The van der Waals surface area contributed by atoms with Gasteiger partial charge < -0.3 is 10.1 Å². The minimum atomic E-state index is 0.385. The summed E-state index contributed by atoms with van der Waals surface area (Å²) in [6, 6.07) is 0.665. The summed E-state index contributed by atoms with van der Waals surface area (Å²) < 4.78 is 5.39. The van der Waals surface area contributed by atoms with E-state index in [0.29, 0.717) is 12.1 Å². The van der Waals surface area contributed by atoms with E-state index in [1.807, 2.05) is 7.11 Å². The van der Waals surface area contributed by atoms with Gasteiger partial charge in [0.15, 0.2) is 0 Å². The Morgan fingerprint density at radius 1 is 1.31 bits per heavy atom. The molecule has 0 amide bonds. The second-order valence-electron chi connectivity index (χ2n) is 5.32. The van der Waals surface area contributed by atoms with Crippen molar-refractivity contribution in [3.63, 3.8) is 0 Å². The fourth-order valence-electron chi connectivity index (χ4n) is 2.76. The van der Waals surface area contributed by atoms with Crippen LogP contribution in [0.5, 0.6) is 0 Å². The summed E-state index contributed by atoms with van der Waals surface area (Å²) in [6.45, 7) is 5.56. The first-order chi connectivity index (χ1) is 7.76. The predicted molar refractivity (Wildman–Crippen MR) is 69.7 cm³/mol. The second-order valence-corrected chi connectivity index (χ2v) is 5.32. The normalized spacial score (nSPS) is 21.2. The van der Waals surface area contributed by atoms with Crippen LogP contribution in [0.25, 0.3) is 0 Å². The van der Waals surface area contributed by atoms with Gasteiger partial charge in [0, 0.05) is 13.2 Å². The van der Waals surface area contributed by atoms with Crippen molar-refractivity contribution in [3.05, 3.63) is 0 Å². The number of hydrogen-bond donors (Lipinski definition) is 1. The third-order valence-corrected chi connectivity index (χ3v) is 3.79. The summed E-state index contributed by atoms with van der Waals surface area (Å²) >= 11 is 0. The molecule has 96 valence electrons. The standard InChI is InChI=1S/C14H29NO/c1-4-9-15-14(10-12(2)16-3)11-13-7-5-6-8-13/h12-15H,4-11H2,1-3H3. The van der Waals surface area contributed by atoms with Crippen molar-refractivity contribution in [1.82, 2.24) is 5.32 Å². The highest BCUT2D eigenvalue weighted by atomic mass is 16.5. The molecule has 1 N–H and O–H groups in total. The highest BCUT2D eigenvalue weighted by Gasteiger charge is 2.21.